The van der Waals surface area contributed by atoms with Crippen LogP contribution in [0.25, 0.3) is 5.69 Å². The highest BCUT2D eigenvalue weighted by Gasteiger charge is 2.21. The van der Waals surface area contributed by atoms with E-state index in [1.54, 1.807) is 36.7 Å². The molecule has 0 aliphatic rings. The lowest BCUT2D eigenvalue weighted by atomic mass is 10.1. The summed E-state index contributed by atoms with van der Waals surface area (Å²) in [5.41, 5.74) is 3.19. The summed E-state index contributed by atoms with van der Waals surface area (Å²) in [7, 11) is 0. The Morgan fingerprint density at radius 3 is 2.47 bits per heavy atom. The van der Waals surface area contributed by atoms with E-state index in [1.807, 2.05) is 37.3 Å². The van der Waals surface area contributed by atoms with Crippen LogP contribution in [-0.4, -0.2) is 20.6 Å². The number of nitrogens with zero attached hydrogens (tertiary/aromatic N) is 3. The fourth-order valence-electron chi connectivity index (χ4n) is 3.66. The molecule has 0 radical (unpaired) electrons. The number of anilines is 1. The van der Waals surface area contributed by atoms with Crippen LogP contribution in [-0.2, 0) is 0 Å². The van der Waals surface area contributed by atoms with Crippen LogP contribution < -0.4 is 10.1 Å². The van der Waals surface area contributed by atoms with Gasteiger partial charge in [-0.15, -0.1) is 0 Å². The summed E-state index contributed by atoms with van der Waals surface area (Å²) >= 11 is 5.99. The molecule has 8 nitrogen and oxygen atoms in total. The normalized spacial score (nSPS) is 10.7. The Bertz CT molecular complexity index is 1400. The number of carbonyl (C=O) groups is 1. The van der Waals surface area contributed by atoms with Crippen molar-refractivity contribution in [2.24, 2.45) is 0 Å². The Morgan fingerprint density at radius 2 is 1.79 bits per heavy atom. The van der Waals surface area contributed by atoms with Crippen molar-refractivity contribution in [1.29, 1.82) is 0 Å². The molecular weight excluding hydrogens is 456 g/mol. The number of nitro benzene ring substituents is 1. The predicted molar refractivity (Wildman–Crippen MR) is 130 cm³/mol. The molecule has 4 aromatic rings. The maximum atomic E-state index is 13.2. The molecule has 1 heterocycles. The third kappa shape index (κ3) is 4.77. The van der Waals surface area contributed by atoms with Crippen molar-refractivity contribution in [3.8, 4) is 17.2 Å². The number of aryl methyl sites for hydroxylation is 2. The molecule has 4 rings (SSSR count). The number of ether oxygens (including phenoxy) is 1. The maximum absolute atomic E-state index is 13.2. The molecular formula is C25H21ClN4O4. The van der Waals surface area contributed by atoms with Crippen molar-refractivity contribution in [3.63, 3.8) is 0 Å². The van der Waals surface area contributed by atoms with Crippen LogP contribution in [0.15, 0.2) is 66.7 Å². The van der Waals surface area contributed by atoms with Gasteiger partial charge in [0.1, 0.15) is 11.5 Å². The van der Waals surface area contributed by atoms with Gasteiger partial charge in [-0.25, -0.2) is 4.68 Å². The van der Waals surface area contributed by atoms with E-state index in [0.29, 0.717) is 27.7 Å². The highest BCUT2D eigenvalue weighted by atomic mass is 35.5. The third-order valence-electron chi connectivity index (χ3n) is 5.24. The van der Waals surface area contributed by atoms with Crippen LogP contribution in [0.1, 0.15) is 27.3 Å². The quantitative estimate of drug-likeness (QED) is 0.256. The molecule has 0 saturated carbocycles. The molecule has 3 aromatic carbocycles. The van der Waals surface area contributed by atoms with Crippen molar-refractivity contribution >= 4 is 28.9 Å². The Morgan fingerprint density at radius 1 is 1.06 bits per heavy atom. The molecule has 0 bridgehead atoms. The molecule has 0 saturated heterocycles. The van der Waals surface area contributed by atoms with Gasteiger partial charge < -0.3 is 10.1 Å². The van der Waals surface area contributed by atoms with Gasteiger partial charge in [-0.2, -0.15) is 5.10 Å². The lowest BCUT2D eigenvalue weighted by Gasteiger charge is -2.11. The highest BCUT2D eigenvalue weighted by Crippen LogP contribution is 2.32. The number of rotatable bonds is 6. The fourth-order valence-corrected chi connectivity index (χ4v) is 3.89. The number of para-hydroxylation sites is 1. The van der Waals surface area contributed by atoms with E-state index in [4.69, 9.17) is 16.3 Å². The molecule has 0 aliphatic heterocycles. The van der Waals surface area contributed by atoms with Crippen LogP contribution in [0.2, 0.25) is 5.02 Å². The van der Waals surface area contributed by atoms with E-state index in [1.165, 1.54) is 18.2 Å². The summed E-state index contributed by atoms with van der Waals surface area (Å²) in [6.45, 7) is 5.36. The topological polar surface area (TPSA) is 99.3 Å². The van der Waals surface area contributed by atoms with Crippen LogP contribution in [0.5, 0.6) is 11.5 Å². The number of amides is 1. The summed E-state index contributed by atoms with van der Waals surface area (Å²) < 4.78 is 7.55. The first-order chi connectivity index (χ1) is 16.2. The zero-order valence-electron chi connectivity index (χ0n) is 18.7. The molecule has 0 atom stereocenters. The van der Waals surface area contributed by atoms with Gasteiger partial charge in [0.25, 0.3) is 11.6 Å². The predicted octanol–water partition coefficient (Wildman–Crippen LogP) is 6.40. The summed E-state index contributed by atoms with van der Waals surface area (Å²) in [5.74, 6) is 0.285. The molecule has 1 aromatic heterocycles. The molecule has 0 fully saturated rings. The number of benzene rings is 3. The number of non-ortho nitro benzene ring substituents is 1. The van der Waals surface area contributed by atoms with Gasteiger partial charge in [-0.1, -0.05) is 29.8 Å². The summed E-state index contributed by atoms with van der Waals surface area (Å²) in [4.78, 5) is 24.1. The zero-order chi connectivity index (χ0) is 24.4. The van der Waals surface area contributed by atoms with E-state index in [2.05, 4.69) is 10.4 Å². The van der Waals surface area contributed by atoms with E-state index in [0.717, 1.165) is 11.3 Å². The van der Waals surface area contributed by atoms with Gasteiger partial charge >= 0.3 is 0 Å². The summed E-state index contributed by atoms with van der Waals surface area (Å²) in [6, 6.07) is 18.7. The minimum Gasteiger partial charge on any atom is -0.457 e. The number of aromatic nitrogens is 2. The van der Waals surface area contributed by atoms with Crippen molar-refractivity contribution < 1.29 is 14.5 Å². The lowest BCUT2D eigenvalue weighted by molar-refractivity contribution is -0.384. The Balaban J connectivity index is 1.65. The molecule has 34 heavy (non-hydrogen) atoms. The molecule has 172 valence electrons. The largest absolute Gasteiger partial charge is 0.457 e. The monoisotopic (exact) mass is 476 g/mol. The van der Waals surface area contributed by atoms with E-state index in [9.17, 15) is 14.9 Å². The number of hydrogen-bond acceptors (Lipinski definition) is 5. The second kappa shape index (κ2) is 9.36. The van der Waals surface area contributed by atoms with Crippen molar-refractivity contribution in [2.45, 2.75) is 20.8 Å². The maximum Gasteiger partial charge on any atom is 0.275 e. The number of hydrogen-bond donors (Lipinski definition) is 1. The highest BCUT2D eigenvalue weighted by molar-refractivity contribution is 6.30. The number of carbonyl (C=O) groups excluding carboxylic acids is 1. The molecule has 0 unspecified atom stereocenters. The number of nitro groups is 1. The van der Waals surface area contributed by atoms with Gasteiger partial charge in [0.05, 0.1) is 39.3 Å². The number of halogens is 1. The average Bonchev–Trinajstić information content (AvgIpc) is 3.10. The SMILES string of the molecule is Cc1cc(Cl)ccc1Oc1cc(NC(=O)c2c(C)nn(-c3ccccc3)c2C)cc([N+](=O)[O-])c1. The Kier molecular flexibility index (Phi) is 6.34. The van der Waals surface area contributed by atoms with Crippen LogP contribution in [0, 0.1) is 30.9 Å². The second-order valence-corrected chi connectivity index (χ2v) is 8.17. The van der Waals surface area contributed by atoms with Crippen molar-refractivity contribution in [1.82, 2.24) is 9.78 Å². The molecule has 0 spiro atoms. The minimum absolute atomic E-state index is 0.211. The second-order valence-electron chi connectivity index (χ2n) is 7.73. The first-order valence-electron chi connectivity index (χ1n) is 10.4. The van der Waals surface area contributed by atoms with Gasteiger partial charge in [0.15, 0.2) is 0 Å². The first-order valence-corrected chi connectivity index (χ1v) is 10.8. The van der Waals surface area contributed by atoms with E-state index in [-0.39, 0.29) is 17.1 Å². The zero-order valence-corrected chi connectivity index (χ0v) is 19.5. The Hall–Kier alpha value is -4.17. The Labute approximate surface area is 200 Å². The smallest absolute Gasteiger partial charge is 0.275 e. The van der Waals surface area contributed by atoms with Crippen LogP contribution >= 0.6 is 11.6 Å². The summed E-state index contributed by atoms with van der Waals surface area (Å²) in [6.07, 6.45) is 0. The standard InChI is InChI=1S/C25H21ClN4O4/c1-15-11-18(26)9-10-23(15)34-22-13-19(12-21(14-22)30(32)33)27-25(31)24-16(2)28-29(17(24)3)20-7-5-4-6-8-20/h4-14H,1-3H3,(H,27,31). The van der Waals surface area contributed by atoms with Gasteiger partial charge in [-0.05, 0) is 56.7 Å². The molecule has 0 aliphatic carbocycles. The third-order valence-corrected chi connectivity index (χ3v) is 5.48. The van der Waals surface area contributed by atoms with Crippen LogP contribution in [0.4, 0.5) is 11.4 Å². The average molecular weight is 477 g/mol. The molecule has 9 heteroatoms. The van der Waals surface area contributed by atoms with Gasteiger partial charge in [0, 0.05) is 17.2 Å². The van der Waals surface area contributed by atoms with Crippen molar-refractivity contribution in [3.05, 3.63) is 104 Å². The lowest BCUT2D eigenvalue weighted by Crippen LogP contribution is -2.14. The number of nitrogens with one attached hydrogen (secondary N) is 1. The fraction of sp³-hybridized carbons (Fsp3) is 0.120. The van der Waals surface area contributed by atoms with E-state index >= 15 is 0 Å². The van der Waals surface area contributed by atoms with Gasteiger partial charge in [-0.3, -0.25) is 14.9 Å². The first kappa shape index (κ1) is 23.0. The van der Waals surface area contributed by atoms with Crippen LogP contribution in [0.3, 0.4) is 0 Å². The summed E-state index contributed by atoms with van der Waals surface area (Å²) in [5, 5.41) is 19.3. The minimum atomic E-state index is -0.541. The van der Waals surface area contributed by atoms with E-state index < -0.39 is 10.8 Å². The molecule has 1 amide bonds. The van der Waals surface area contributed by atoms with Gasteiger partial charge in [0.2, 0.25) is 0 Å². The van der Waals surface area contributed by atoms with Crippen molar-refractivity contribution in [2.75, 3.05) is 5.32 Å². The molecule has 1 N–H and O–H groups in total.